The molecular formula is C21H29IN4O2S. The van der Waals surface area contributed by atoms with Crippen molar-refractivity contribution < 1.29 is 9.53 Å². The predicted octanol–water partition coefficient (Wildman–Crippen LogP) is 3.88. The van der Waals surface area contributed by atoms with Gasteiger partial charge in [0.15, 0.2) is 5.96 Å². The lowest BCUT2D eigenvalue weighted by Gasteiger charge is -2.33. The van der Waals surface area contributed by atoms with E-state index in [0.717, 1.165) is 44.0 Å². The van der Waals surface area contributed by atoms with Crippen LogP contribution in [0.1, 0.15) is 35.7 Å². The number of esters is 1. The second kappa shape index (κ2) is 12.0. The summed E-state index contributed by atoms with van der Waals surface area (Å²) < 4.78 is 4.73. The lowest BCUT2D eigenvalue weighted by molar-refractivity contribution is 0.0600. The van der Waals surface area contributed by atoms with Crippen molar-refractivity contribution in [2.75, 3.05) is 31.6 Å². The standard InChI is InChI=1S/C21H28N4O2S.HI/c1-3-22-21(23-15-16-6-8-17(9-7-16)20(26)27-2)24-18-10-12-25(13-11-18)19-5-4-14-28-19;/h4-9,14,18H,3,10-13,15H2,1-2H3,(H2,22,23,24);1H. The van der Waals surface area contributed by atoms with Gasteiger partial charge in [-0.3, -0.25) is 0 Å². The highest BCUT2D eigenvalue weighted by atomic mass is 127. The molecule has 1 aliphatic heterocycles. The van der Waals surface area contributed by atoms with Crippen LogP contribution in [-0.2, 0) is 11.3 Å². The topological polar surface area (TPSA) is 66.0 Å². The quantitative estimate of drug-likeness (QED) is 0.258. The molecule has 2 aromatic rings. The molecule has 0 aliphatic carbocycles. The number of thiophene rings is 1. The maximum absolute atomic E-state index is 11.5. The van der Waals surface area contributed by atoms with E-state index in [0.29, 0.717) is 18.2 Å². The Hall–Kier alpha value is -1.81. The van der Waals surface area contributed by atoms with Crippen LogP contribution < -0.4 is 15.5 Å². The van der Waals surface area contributed by atoms with Crippen LogP contribution in [0.15, 0.2) is 46.8 Å². The van der Waals surface area contributed by atoms with Crippen LogP contribution in [0.4, 0.5) is 5.00 Å². The number of carbonyl (C=O) groups is 1. The number of benzene rings is 1. The van der Waals surface area contributed by atoms with Crippen molar-refractivity contribution in [3.63, 3.8) is 0 Å². The lowest BCUT2D eigenvalue weighted by atomic mass is 10.1. The number of aliphatic imine (C=N–C) groups is 1. The van der Waals surface area contributed by atoms with Crippen LogP contribution in [-0.4, -0.2) is 44.7 Å². The van der Waals surface area contributed by atoms with Crippen molar-refractivity contribution in [3.05, 3.63) is 52.9 Å². The van der Waals surface area contributed by atoms with Crippen molar-refractivity contribution >= 4 is 52.2 Å². The predicted molar refractivity (Wildman–Crippen MR) is 131 cm³/mol. The summed E-state index contributed by atoms with van der Waals surface area (Å²) in [6, 6.07) is 12.1. The minimum Gasteiger partial charge on any atom is -0.465 e. The highest BCUT2D eigenvalue weighted by molar-refractivity contribution is 14.0. The molecule has 1 saturated heterocycles. The van der Waals surface area contributed by atoms with E-state index in [1.807, 2.05) is 12.1 Å². The van der Waals surface area contributed by atoms with Gasteiger partial charge in [-0.15, -0.1) is 35.3 Å². The van der Waals surface area contributed by atoms with Gasteiger partial charge < -0.3 is 20.3 Å². The Labute approximate surface area is 193 Å². The highest BCUT2D eigenvalue weighted by Crippen LogP contribution is 2.24. The molecule has 29 heavy (non-hydrogen) atoms. The van der Waals surface area contributed by atoms with Gasteiger partial charge in [-0.1, -0.05) is 12.1 Å². The molecule has 0 atom stereocenters. The summed E-state index contributed by atoms with van der Waals surface area (Å²) in [4.78, 5) is 18.7. The number of nitrogens with zero attached hydrogens (tertiary/aromatic N) is 2. The van der Waals surface area contributed by atoms with E-state index in [9.17, 15) is 4.79 Å². The van der Waals surface area contributed by atoms with Gasteiger partial charge in [-0.05, 0) is 55.0 Å². The Bertz CT molecular complexity index is 772. The fourth-order valence-corrected chi connectivity index (χ4v) is 4.03. The molecule has 0 unspecified atom stereocenters. The number of methoxy groups -OCH3 is 1. The van der Waals surface area contributed by atoms with Gasteiger partial charge in [0.05, 0.1) is 24.2 Å². The van der Waals surface area contributed by atoms with Gasteiger partial charge in [0, 0.05) is 25.7 Å². The zero-order valence-electron chi connectivity index (χ0n) is 16.9. The minimum absolute atomic E-state index is 0. The summed E-state index contributed by atoms with van der Waals surface area (Å²) in [5, 5.41) is 10.4. The van der Waals surface area contributed by atoms with E-state index in [2.05, 4.69) is 40.0 Å². The second-order valence-corrected chi connectivity index (χ2v) is 7.67. The van der Waals surface area contributed by atoms with Gasteiger partial charge in [-0.25, -0.2) is 9.79 Å². The van der Waals surface area contributed by atoms with E-state index < -0.39 is 0 Å². The first-order chi connectivity index (χ1) is 13.7. The van der Waals surface area contributed by atoms with Crippen molar-refractivity contribution in [1.29, 1.82) is 0 Å². The Morgan fingerprint density at radius 3 is 2.55 bits per heavy atom. The Kier molecular flexibility index (Phi) is 9.72. The number of ether oxygens (including phenoxy) is 1. The summed E-state index contributed by atoms with van der Waals surface area (Å²) in [6.45, 7) is 5.58. The average molecular weight is 528 g/mol. The highest BCUT2D eigenvalue weighted by Gasteiger charge is 2.20. The third-order valence-corrected chi connectivity index (χ3v) is 5.72. The maximum Gasteiger partial charge on any atom is 0.337 e. The first-order valence-corrected chi connectivity index (χ1v) is 10.6. The molecule has 0 amide bonds. The molecule has 8 heteroatoms. The van der Waals surface area contributed by atoms with Gasteiger partial charge in [0.2, 0.25) is 0 Å². The number of guanidine groups is 1. The van der Waals surface area contributed by atoms with Gasteiger partial charge in [0.1, 0.15) is 0 Å². The van der Waals surface area contributed by atoms with Crippen LogP contribution >= 0.6 is 35.3 Å². The molecule has 158 valence electrons. The molecule has 1 aliphatic rings. The van der Waals surface area contributed by atoms with Crippen LogP contribution in [0.2, 0.25) is 0 Å². The Morgan fingerprint density at radius 2 is 1.97 bits per heavy atom. The summed E-state index contributed by atoms with van der Waals surface area (Å²) in [7, 11) is 1.39. The zero-order valence-corrected chi connectivity index (χ0v) is 20.0. The molecule has 1 aromatic heterocycles. The first-order valence-electron chi connectivity index (χ1n) is 9.70. The third-order valence-electron chi connectivity index (χ3n) is 4.79. The lowest BCUT2D eigenvalue weighted by Crippen LogP contribution is -2.48. The van der Waals surface area contributed by atoms with E-state index in [-0.39, 0.29) is 29.9 Å². The summed E-state index contributed by atoms with van der Waals surface area (Å²) in [5.74, 6) is 0.521. The zero-order chi connectivity index (χ0) is 19.8. The van der Waals surface area contributed by atoms with Crippen molar-refractivity contribution in [2.24, 2.45) is 4.99 Å². The Morgan fingerprint density at radius 1 is 1.24 bits per heavy atom. The molecule has 2 N–H and O–H groups in total. The fourth-order valence-electron chi connectivity index (χ4n) is 3.24. The number of anilines is 1. The van der Waals surface area contributed by atoms with Crippen molar-refractivity contribution in [2.45, 2.75) is 32.4 Å². The van der Waals surface area contributed by atoms with Crippen LogP contribution in [0.5, 0.6) is 0 Å². The van der Waals surface area contributed by atoms with Crippen LogP contribution in [0, 0.1) is 0 Å². The van der Waals surface area contributed by atoms with E-state index >= 15 is 0 Å². The van der Waals surface area contributed by atoms with Crippen molar-refractivity contribution in [1.82, 2.24) is 10.6 Å². The summed E-state index contributed by atoms with van der Waals surface area (Å²) in [6.07, 6.45) is 2.19. The SMILES string of the molecule is CCNC(=NCc1ccc(C(=O)OC)cc1)NC1CCN(c2cccs2)CC1.I. The minimum atomic E-state index is -0.320. The summed E-state index contributed by atoms with van der Waals surface area (Å²) in [5.41, 5.74) is 1.61. The smallest absolute Gasteiger partial charge is 0.337 e. The Balaban J connectivity index is 0.00000300. The normalized spacial score (nSPS) is 14.8. The number of carbonyl (C=O) groups excluding carboxylic acids is 1. The fraction of sp³-hybridized carbons (Fsp3) is 0.429. The van der Waals surface area contributed by atoms with E-state index in [1.165, 1.54) is 12.1 Å². The van der Waals surface area contributed by atoms with Gasteiger partial charge >= 0.3 is 5.97 Å². The molecular weight excluding hydrogens is 499 g/mol. The number of rotatable bonds is 6. The number of nitrogens with one attached hydrogen (secondary N) is 2. The summed E-state index contributed by atoms with van der Waals surface area (Å²) >= 11 is 1.80. The monoisotopic (exact) mass is 528 g/mol. The number of halogens is 1. The molecule has 1 aromatic carbocycles. The molecule has 0 saturated carbocycles. The molecule has 6 nitrogen and oxygen atoms in total. The average Bonchev–Trinajstić information content (AvgIpc) is 3.27. The van der Waals surface area contributed by atoms with Gasteiger partial charge in [0.25, 0.3) is 0 Å². The van der Waals surface area contributed by atoms with Crippen LogP contribution in [0.25, 0.3) is 0 Å². The third kappa shape index (κ3) is 6.88. The molecule has 0 bridgehead atoms. The number of piperidine rings is 1. The first kappa shape index (κ1) is 23.5. The number of hydrogen-bond acceptors (Lipinski definition) is 5. The molecule has 2 heterocycles. The van der Waals surface area contributed by atoms with Crippen molar-refractivity contribution in [3.8, 4) is 0 Å². The van der Waals surface area contributed by atoms with Crippen LogP contribution in [0.3, 0.4) is 0 Å². The van der Waals surface area contributed by atoms with E-state index in [1.54, 1.807) is 23.5 Å². The maximum atomic E-state index is 11.5. The molecule has 1 fully saturated rings. The van der Waals surface area contributed by atoms with Gasteiger partial charge in [-0.2, -0.15) is 0 Å². The second-order valence-electron chi connectivity index (χ2n) is 6.74. The largest absolute Gasteiger partial charge is 0.465 e. The van der Waals surface area contributed by atoms with E-state index in [4.69, 9.17) is 9.73 Å². The molecule has 0 spiro atoms. The molecule has 3 rings (SSSR count). The molecule has 0 radical (unpaired) electrons. The number of hydrogen-bond donors (Lipinski definition) is 2.